The molecule has 32 heavy (non-hydrogen) atoms. The number of hydrogen-bond acceptors (Lipinski definition) is 12. The van der Waals surface area contributed by atoms with Crippen LogP contribution in [0.25, 0.3) is 11.2 Å². The number of hydrogen-bond donors (Lipinski definition) is 5. The Morgan fingerprint density at radius 3 is 2.88 bits per heavy atom. The Hall–Kier alpha value is -1.84. The summed E-state index contributed by atoms with van der Waals surface area (Å²) in [7, 11) is -4.22. The highest BCUT2D eigenvalue weighted by atomic mass is 32.2. The number of thioether (sulfide) groups is 1. The van der Waals surface area contributed by atoms with Gasteiger partial charge in [0.25, 0.3) is 0 Å². The minimum Gasteiger partial charge on any atom is -0.481 e. The van der Waals surface area contributed by atoms with E-state index in [4.69, 9.17) is 18.9 Å². The number of phosphoric acid groups is 1. The van der Waals surface area contributed by atoms with Crippen molar-refractivity contribution in [1.29, 1.82) is 0 Å². The van der Waals surface area contributed by atoms with Gasteiger partial charge in [-0.1, -0.05) is 0 Å². The largest absolute Gasteiger partial charge is 0.481 e. The normalized spacial score (nSPS) is 30.9. The number of carbonyl (C=O) groups is 1. The number of aliphatic carboxylic acids is 1. The van der Waals surface area contributed by atoms with Gasteiger partial charge in [0, 0.05) is 18.8 Å². The van der Waals surface area contributed by atoms with Crippen LogP contribution in [0.5, 0.6) is 0 Å². The van der Waals surface area contributed by atoms with Crippen LogP contribution in [0.4, 0.5) is 5.82 Å². The molecular weight excluding hydrogens is 467 g/mol. The van der Waals surface area contributed by atoms with E-state index in [2.05, 4.69) is 25.6 Å². The summed E-state index contributed by atoms with van der Waals surface area (Å²) < 4.78 is 28.6. The van der Waals surface area contributed by atoms with Crippen LogP contribution in [0, 0.1) is 0 Å². The van der Waals surface area contributed by atoms with Gasteiger partial charge in [-0.05, 0) is 0 Å². The number of rotatable bonds is 7. The highest BCUT2D eigenvalue weighted by Crippen LogP contribution is 2.52. The zero-order valence-corrected chi connectivity index (χ0v) is 18.4. The summed E-state index contributed by atoms with van der Waals surface area (Å²) in [5.74, 6) is 0.465. The standard InChI is InChI=1S/C14H18N5O8PS.C2H5N/c20-8(21)1-2-29-6-18-12-9-13(16-4-15-12)19(5-17-9)14-10(22)11-7(26-14)3-25-28(23,24)27-11;1-2-3-1/h4-5,7,10-11,14,22H,1-3,6H2,(H,20,21)(H,23,24)(H,15,16,18);3H,1-2H2. The van der Waals surface area contributed by atoms with Gasteiger partial charge in [-0.25, -0.2) is 19.5 Å². The predicted molar refractivity (Wildman–Crippen MR) is 112 cm³/mol. The first kappa shape index (κ1) is 23.3. The highest BCUT2D eigenvalue weighted by molar-refractivity contribution is 7.99. The Kier molecular flexibility index (Phi) is 7.27. The summed E-state index contributed by atoms with van der Waals surface area (Å²) in [6.07, 6.45) is -1.11. The van der Waals surface area contributed by atoms with E-state index < -0.39 is 38.3 Å². The molecule has 0 amide bonds. The zero-order valence-electron chi connectivity index (χ0n) is 16.7. The van der Waals surface area contributed by atoms with Gasteiger partial charge in [0.2, 0.25) is 0 Å². The van der Waals surface area contributed by atoms with Crippen molar-refractivity contribution in [2.24, 2.45) is 0 Å². The lowest BCUT2D eigenvalue weighted by Gasteiger charge is -2.27. The van der Waals surface area contributed by atoms with Crippen molar-refractivity contribution < 1.29 is 38.3 Å². The Morgan fingerprint density at radius 2 is 2.16 bits per heavy atom. The molecule has 14 nitrogen and oxygen atoms in total. The molecule has 5 rings (SSSR count). The van der Waals surface area contributed by atoms with E-state index in [0.29, 0.717) is 28.6 Å². The van der Waals surface area contributed by atoms with Crippen molar-refractivity contribution in [3.8, 4) is 0 Å². The molecule has 5 atom stereocenters. The lowest BCUT2D eigenvalue weighted by atomic mass is 10.1. The topological polar surface area (TPSA) is 200 Å². The van der Waals surface area contributed by atoms with Gasteiger partial charge in [0.1, 0.15) is 24.6 Å². The number of aliphatic hydroxyl groups is 1. The number of ether oxygens (including phenoxy) is 1. The molecule has 0 saturated carbocycles. The number of aliphatic hydroxyl groups excluding tert-OH is 1. The van der Waals surface area contributed by atoms with Crippen LogP contribution in [0.1, 0.15) is 12.6 Å². The quantitative estimate of drug-likeness (QED) is 0.147. The molecule has 16 heteroatoms. The molecule has 3 aliphatic rings. The van der Waals surface area contributed by atoms with Gasteiger partial charge < -0.3 is 30.5 Å². The number of aromatic nitrogens is 4. The second-order valence-corrected chi connectivity index (χ2v) is 9.57. The van der Waals surface area contributed by atoms with E-state index in [-0.39, 0.29) is 13.0 Å². The van der Waals surface area contributed by atoms with Gasteiger partial charge in [0.15, 0.2) is 23.2 Å². The molecule has 0 aromatic carbocycles. The maximum absolute atomic E-state index is 11.6. The number of fused-ring (bicyclic) bond motifs is 2. The number of nitrogens with zero attached hydrogens (tertiary/aromatic N) is 4. The maximum Gasteiger partial charge on any atom is 0.472 e. The van der Waals surface area contributed by atoms with Crippen LogP contribution in [0.15, 0.2) is 12.7 Å². The van der Waals surface area contributed by atoms with Gasteiger partial charge >= 0.3 is 13.8 Å². The Bertz CT molecular complexity index is 1010. The molecule has 0 aliphatic carbocycles. The molecule has 0 bridgehead atoms. The third-order valence-electron chi connectivity index (χ3n) is 4.65. The lowest BCUT2D eigenvalue weighted by molar-refractivity contribution is -0.136. The van der Waals surface area contributed by atoms with Crippen LogP contribution < -0.4 is 10.6 Å². The van der Waals surface area contributed by atoms with Crippen LogP contribution in [-0.4, -0.2) is 90.2 Å². The van der Waals surface area contributed by atoms with Gasteiger partial charge in [-0.15, -0.1) is 11.8 Å². The fourth-order valence-electron chi connectivity index (χ4n) is 3.08. The maximum atomic E-state index is 11.6. The van der Waals surface area contributed by atoms with Crippen molar-refractivity contribution in [2.75, 3.05) is 36.6 Å². The average Bonchev–Trinajstić information content (AvgIpc) is 3.52. The van der Waals surface area contributed by atoms with Crippen molar-refractivity contribution in [3.05, 3.63) is 12.7 Å². The number of anilines is 1. The van der Waals surface area contributed by atoms with Crippen LogP contribution in [0.2, 0.25) is 0 Å². The predicted octanol–water partition coefficient (Wildman–Crippen LogP) is -0.233. The summed E-state index contributed by atoms with van der Waals surface area (Å²) in [6, 6.07) is 0. The lowest BCUT2D eigenvalue weighted by Crippen LogP contribution is -2.39. The van der Waals surface area contributed by atoms with Gasteiger partial charge in [-0.3, -0.25) is 18.4 Å². The van der Waals surface area contributed by atoms with E-state index in [0.717, 1.165) is 0 Å². The molecular formula is C16H23N6O8PS. The Balaban J connectivity index is 0.000000754. The molecule has 5 heterocycles. The van der Waals surface area contributed by atoms with Crippen molar-refractivity contribution >= 4 is 42.5 Å². The zero-order chi connectivity index (χ0) is 22.7. The molecule has 0 spiro atoms. The van der Waals surface area contributed by atoms with E-state index in [1.54, 1.807) is 0 Å². The molecule has 3 fully saturated rings. The van der Waals surface area contributed by atoms with Crippen molar-refractivity contribution in [3.63, 3.8) is 0 Å². The first-order chi connectivity index (χ1) is 15.4. The molecule has 3 saturated heterocycles. The molecule has 5 N–H and O–H groups in total. The van der Waals surface area contributed by atoms with Gasteiger partial charge in [0.05, 0.1) is 25.2 Å². The minimum absolute atomic E-state index is 0.0615. The fraction of sp³-hybridized carbons (Fsp3) is 0.625. The number of phosphoric ester groups is 1. The number of nitrogens with one attached hydrogen (secondary N) is 2. The molecule has 0 radical (unpaired) electrons. The number of carboxylic acid groups (broad SMARTS) is 1. The second-order valence-electron chi connectivity index (χ2n) is 7.06. The van der Waals surface area contributed by atoms with Crippen molar-refractivity contribution in [2.45, 2.75) is 31.0 Å². The Morgan fingerprint density at radius 1 is 1.38 bits per heavy atom. The minimum atomic E-state index is -4.22. The molecule has 5 unspecified atom stereocenters. The highest BCUT2D eigenvalue weighted by Gasteiger charge is 2.52. The Labute approximate surface area is 186 Å². The molecule has 2 aromatic heterocycles. The summed E-state index contributed by atoms with van der Waals surface area (Å²) in [5.41, 5.74) is 0.816. The van der Waals surface area contributed by atoms with Crippen LogP contribution >= 0.6 is 19.6 Å². The summed E-state index contributed by atoms with van der Waals surface area (Å²) in [4.78, 5) is 32.6. The van der Waals surface area contributed by atoms with E-state index in [9.17, 15) is 19.4 Å². The van der Waals surface area contributed by atoms with Gasteiger partial charge in [-0.2, -0.15) is 0 Å². The van der Waals surface area contributed by atoms with E-state index in [1.165, 1.54) is 42.1 Å². The summed E-state index contributed by atoms with van der Waals surface area (Å²) in [6.45, 7) is 2.31. The fourth-order valence-corrected chi connectivity index (χ4v) is 4.75. The summed E-state index contributed by atoms with van der Waals surface area (Å²) in [5, 5.41) is 25.3. The number of carboxylic acids is 1. The third-order valence-corrected chi connectivity index (χ3v) is 6.48. The van der Waals surface area contributed by atoms with Crippen LogP contribution in [-0.2, 0) is 23.1 Å². The number of imidazole rings is 1. The molecule has 176 valence electrons. The van der Waals surface area contributed by atoms with Crippen LogP contribution in [0.3, 0.4) is 0 Å². The third kappa shape index (κ3) is 5.55. The van der Waals surface area contributed by atoms with E-state index >= 15 is 0 Å². The second kappa shape index (κ2) is 9.97. The summed E-state index contributed by atoms with van der Waals surface area (Å²) >= 11 is 1.40. The molecule has 3 aliphatic heterocycles. The smallest absolute Gasteiger partial charge is 0.472 e. The first-order valence-electron chi connectivity index (χ1n) is 9.76. The monoisotopic (exact) mass is 490 g/mol. The van der Waals surface area contributed by atoms with Crippen molar-refractivity contribution in [1.82, 2.24) is 24.8 Å². The average molecular weight is 490 g/mol. The first-order valence-corrected chi connectivity index (χ1v) is 12.4. The molecule has 2 aromatic rings. The van der Waals surface area contributed by atoms with E-state index in [1.807, 2.05) is 0 Å². The SMILES string of the molecule is C1CN1.O=C(O)CCSCNc1ncnc2c1ncn2C1OC2COP(=O)(O)OC2C1O.